The van der Waals surface area contributed by atoms with Gasteiger partial charge in [0, 0.05) is 18.0 Å². The van der Waals surface area contributed by atoms with Crippen molar-refractivity contribution < 1.29 is 0 Å². The average molecular weight is 508 g/mol. The molecule has 0 fully saturated rings. The molecule has 7 aromatic carbocycles. The molecule has 8 aromatic rings. The summed E-state index contributed by atoms with van der Waals surface area (Å²) in [5.41, 5.74) is 7.35. The first-order valence-corrected chi connectivity index (χ1v) is 13.7. The van der Waals surface area contributed by atoms with E-state index in [4.69, 9.17) is 0 Å². The molecule has 1 nitrogen and oxygen atoms in total. The Morgan fingerprint density at radius 3 is 1.48 bits per heavy atom. The molecule has 1 heteroatoms. The van der Waals surface area contributed by atoms with Crippen LogP contribution in [0.1, 0.15) is 0 Å². The molecule has 0 saturated carbocycles. The molecule has 0 aliphatic rings. The molecule has 0 amide bonds. The molecule has 8 rings (SSSR count). The Balaban J connectivity index is 1.65. The van der Waals surface area contributed by atoms with E-state index in [1.807, 2.05) is 18.5 Å². The Kier molecular flexibility index (Phi) is 5.21. The molecule has 0 bridgehead atoms. The summed E-state index contributed by atoms with van der Waals surface area (Å²) in [6, 6.07) is 50.6. The lowest BCUT2D eigenvalue weighted by molar-refractivity contribution is 1.33. The molecule has 0 spiro atoms. The Morgan fingerprint density at radius 1 is 0.350 bits per heavy atom. The zero-order valence-corrected chi connectivity index (χ0v) is 21.9. The van der Waals surface area contributed by atoms with Gasteiger partial charge >= 0.3 is 0 Å². The van der Waals surface area contributed by atoms with Gasteiger partial charge < -0.3 is 0 Å². The number of hydrogen-bond acceptors (Lipinski definition) is 1. The zero-order chi connectivity index (χ0) is 26.5. The molecule has 0 N–H and O–H groups in total. The predicted octanol–water partition coefficient (Wildman–Crippen LogP) is 10.7. The van der Waals surface area contributed by atoms with E-state index in [9.17, 15) is 0 Å². The molecule has 0 radical (unpaired) electrons. The minimum absolute atomic E-state index is 1.13. The minimum atomic E-state index is 1.13. The summed E-state index contributed by atoms with van der Waals surface area (Å²) in [5.74, 6) is 0. The predicted molar refractivity (Wildman–Crippen MR) is 171 cm³/mol. The largest absolute Gasteiger partial charge is 0.264 e. The molecule has 40 heavy (non-hydrogen) atoms. The highest BCUT2D eigenvalue weighted by molar-refractivity contribution is 6.26. The molecule has 0 aliphatic heterocycles. The van der Waals surface area contributed by atoms with Crippen molar-refractivity contribution in [3.8, 4) is 33.4 Å². The number of hydrogen-bond donors (Lipinski definition) is 0. The van der Waals surface area contributed by atoms with Gasteiger partial charge in [-0.15, -0.1) is 0 Å². The van der Waals surface area contributed by atoms with Gasteiger partial charge in [0.25, 0.3) is 0 Å². The number of aromatic nitrogens is 1. The Hall–Kier alpha value is -5.27. The van der Waals surface area contributed by atoms with Crippen LogP contribution in [-0.2, 0) is 0 Å². The third-order valence-electron chi connectivity index (χ3n) is 8.10. The van der Waals surface area contributed by atoms with E-state index in [1.54, 1.807) is 0 Å². The minimum Gasteiger partial charge on any atom is -0.264 e. The van der Waals surface area contributed by atoms with Crippen molar-refractivity contribution in [1.29, 1.82) is 0 Å². The first-order valence-electron chi connectivity index (χ1n) is 13.7. The molecular formula is C39H25N. The first kappa shape index (κ1) is 22.7. The van der Waals surface area contributed by atoms with Crippen LogP contribution in [0.2, 0.25) is 0 Å². The molecule has 1 aromatic heterocycles. The lowest BCUT2D eigenvalue weighted by atomic mass is 9.83. The van der Waals surface area contributed by atoms with Gasteiger partial charge in [0.15, 0.2) is 0 Å². The quantitative estimate of drug-likeness (QED) is 0.171. The molecule has 0 saturated heterocycles. The van der Waals surface area contributed by atoms with Crippen LogP contribution in [-0.4, -0.2) is 4.98 Å². The van der Waals surface area contributed by atoms with Crippen LogP contribution in [0.15, 0.2) is 152 Å². The second-order valence-corrected chi connectivity index (χ2v) is 10.4. The fraction of sp³-hybridized carbons (Fsp3) is 0. The number of fused-ring (bicyclic) bond motifs is 5. The normalized spacial score (nSPS) is 11.5. The second-order valence-electron chi connectivity index (χ2n) is 10.4. The summed E-state index contributed by atoms with van der Waals surface area (Å²) in [5, 5.41) is 10.1. The molecule has 1 heterocycles. The van der Waals surface area contributed by atoms with Crippen LogP contribution < -0.4 is 0 Å². The maximum atomic E-state index is 4.47. The van der Waals surface area contributed by atoms with Gasteiger partial charge in [0.05, 0.1) is 0 Å². The van der Waals surface area contributed by atoms with Crippen LogP contribution in [0.4, 0.5) is 0 Å². The van der Waals surface area contributed by atoms with Gasteiger partial charge in [-0.05, 0) is 95.2 Å². The highest BCUT2D eigenvalue weighted by Crippen LogP contribution is 2.47. The van der Waals surface area contributed by atoms with Gasteiger partial charge in [-0.2, -0.15) is 0 Å². The molecule has 186 valence electrons. The van der Waals surface area contributed by atoms with Gasteiger partial charge in [-0.25, -0.2) is 0 Å². The van der Waals surface area contributed by atoms with Crippen LogP contribution in [0, 0.1) is 0 Å². The highest BCUT2D eigenvalue weighted by Gasteiger charge is 2.19. The Labute approximate surface area is 233 Å². The second kappa shape index (κ2) is 9.18. The Bertz CT molecular complexity index is 2180. The Morgan fingerprint density at radius 2 is 0.875 bits per heavy atom. The van der Waals surface area contributed by atoms with Crippen molar-refractivity contribution in [3.05, 3.63) is 152 Å². The first-order chi connectivity index (χ1) is 19.9. The number of nitrogens with zero attached hydrogens (tertiary/aromatic N) is 1. The number of rotatable bonds is 3. The number of pyridine rings is 1. The average Bonchev–Trinajstić information content (AvgIpc) is 3.03. The number of benzene rings is 7. The maximum absolute atomic E-state index is 4.47. The summed E-state index contributed by atoms with van der Waals surface area (Å²) >= 11 is 0. The van der Waals surface area contributed by atoms with Crippen molar-refractivity contribution in [2.45, 2.75) is 0 Å². The van der Waals surface area contributed by atoms with Crippen LogP contribution >= 0.6 is 0 Å². The molecule has 0 aliphatic carbocycles. The van der Waals surface area contributed by atoms with E-state index in [2.05, 4.69) is 138 Å². The van der Waals surface area contributed by atoms with E-state index in [-0.39, 0.29) is 0 Å². The van der Waals surface area contributed by atoms with Gasteiger partial charge in [0.2, 0.25) is 0 Å². The van der Waals surface area contributed by atoms with Crippen molar-refractivity contribution >= 4 is 43.1 Å². The lowest BCUT2D eigenvalue weighted by Crippen LogP contribution is -1.93. The van der Waals surface area contributed by atoms with E-state index >= 15 is 0 Å². The van der Waals surface area contributed by atoms with Gasteiger partial charge in [-0.3, -0.25) is 4.98 Å². The molecule has 0 unspecified atom stereocenters. The molecular weight excluding hydrogens is 482 g/mol. The van der Waals surface area contributed by atoms with E-state index in [0.717, 1.165) is 5.56 Å². The van der Waals surface area contributed by atoms with Gasteiger partial charge in [-0.1, -0.05) is 115 Å². The maximum Gasteiger partial charge on any atom is 0.0346 e. The van der Waals surface area contributed by atoms with Crippen LogP contribution in [0.5, 0.6) is 0 Å². The summed E-state index contributed by atoms with van der Waals surface area (Å²) in [6.07, 6.45) is 3.82. The summed E-state index contributed by atoms with van der Waals surface area (Å²) < 4.78 is 0. The van der Waals surface area contributed by atoms with Crippen molar-refractivity contribution in [2.24, 2.45) is 0 Å². The fourth-order valence-electron chi connectivity index (χ4n) is 6.36. The van der Waals surface area contributed by atoms with Crippen LogP contribution in [0.3, 0.4) is 0 Å². The summed E-state index contributed by atoms with van der Waals surface area (Å²) in [4.78, 5) is 4.47. The van der Waals surface area contributed by atoms with Crippen molar-refractivity contribution in [1.82, 2.24) is 4.98 Å². The fourth-order valence-corrected chi connectivity index (χ4v) is 6.36. The van der Waals surface area contributed by atoms with Crippen molar-refractivity contribution in [2.75, 3.05) is 0 Å². The third kappa shape index (κ3) is 3.52. The smallest absolute Gasteiger partial charge is 0.0346 e. The van der Waals surface area contributed by atoms with Crippen LogP contribution in [0.25, 0.3) is 76.5 Å². The van der Waals surface area contributed by atoms with Gasteiger partial charge in [0.1, 0.15) is 0 Å². The monoisotopic (exact) mass is 507 g/mol. The lowest BCUT2D eigenvalue weighted by Gasteiger charge is -2.20. The topological polar surface area (TPSA) is 12.9 Å². The van der Waals surface area contributed by atoms with E-state index in [1.165, 1.54) is 70.9 Å². The standard InChI is InChI=1S/C39H25N/c1-3-12-26(13-4-1)38-31-19-9-10-20-32(31)39(27-14-5-2-6-15-27)37-24-35-33(29-17-11-21-40-25-29)22-28-16-7-8-18-30(28)34(35)23-36(37)38/h1-25H. The SMILES string of the molecule is c1ccc(-c2c3ccccc3c(-c3ccccc3)c3cc4c(cc23)c(-c2cccnc2)cc2ccccc24)cc1. The molecule has 0 atom stereocenters. The zero-order valence-electron chi connectivity index (χ0n) is 21.9. The van der Waals surface area contributed by atoms with E-state index < -0.39 is 0 Å². The van der Waals surface area contributed by atoms with E-state index in [0.29, 0.717) is 0 Å². The summed E-state index contributed by atoms with van der Waals surface area (Å²) in [6.45, 7) is 0. The highest BCUT2D eigenvalue weighted by atomic mass is 14.6. The van der Waals surface area contributed by atoms with Crippen molar-refractivity contribution in [3.63, 3.8) is 0 Å². The third-order valence-corrected chi connectivity index (χ3v) is 8.10. The summed E-state index contributed by atoms with van der Waals surface area (Å²) in [7, 11) is 0.